The van der Waals surface area contributed by atoms with Crippen LogP contribution in [-0.2, 0) is 0 Å². The Labute approximate surface area is 158 Å². The summed E-state index contributed by atoms with van der Waals surface area (Å²) in [4.78, 5) is 2.63. The molecule has 6 heteroatoms. The third kappa shape index (κ3) is 5.41. The van der Waals surface area contributed by atoms with Crippen molar-refractivity contribution in [2.75, 3.05) is 39.9 Å². The Morgan fingerprint density at radius 2 is 1.88 bits per heavy atom. The summed E-state index contributed by atoms with van der Waals surface area (Å²) in [5, 5.41) is 3.45. The Bertz CT molecular complexity index is 492. The molecule has 1 saturated heterocycles. The number of rotatable bonds is 7. The third-order valence-corrected chi connectivity index (χ3v) is 4.72. The zero-order valence-corrected chi connectivity index (χ0v) is 16.3. The quantitative estimate of drug-likeness (QED) is 0.786. The first-order valence-electron chi connectivity index (χ1n) is 8.57. The van der Waals surface area contributed by atoms with Crippen molar-refractivity contribution in [3.05, 3.63) is 23.8 Å². The van der Waals surface area contributed by atoms with Gasteiger partial charge >= 0.3 is 0 Å². The molecule has 138 valence electrons. The maximum absolute atomic E-state index is 5.77. The highest BCUT2D eigenvalue weighted by atomic mass is 35.5. The highest BCUT2D eigenvalue weighted by Crippen LogP contribution is 2.41. The normalized spacial score (nSPS) is 18.9. The fourth-order valence-corrected chi connectivity index (χ4v) is 3.33. The molecular formula is C18H30Cl2N2O2. The summed E-state index contributed by atoms with van der Waals surface area (Å²) in [6.07, 6.45) is 4.08. The van der Waals surface area contributed by atoms with E-state index >= 15 is 0 Å². The van der Waals surface area contributed by atoms with E-state index in [9.17, 15) is 0 Å². The van der Waals surface area contributed by atoms with Crippen molar-refractivity contribution >= 4 is 24.8 Å². The van der Waals surface area contributed by atoms with Gasteiger partial charge in [-0.25, -0.2) is 0 Å². The van der Waals surface area contributed by atoms with Crippen LogP contribution in [0, 0.1) is 5.92 Å². The summed E-state index contributed by atoms with van der Waals surface area (Å²) in [6.45, 7) is 7.14. The molecule has 0 aromatic heterocycles. The molecule has 0 bridgehead atoms. The minimum Gasteiger partial charge on any atom is -0.493 e. The molecule has 1 N–H and O–H groups in total. The summed E-state index contributed by atoms with van der Waals surface area (Å²) < 4.78 is 11.2. The molecule has 4 nitrogen and oxygen atoms in total. The van der Waals surface area contributed by atoms with Gasteiger partial charge in [-0.15, -0.1) is 24.8 Å². The van der Waals surface area contributed by atoms with E-state index in [4.69, 9.17) is 9.47 Å². The predicted octanol–water partition coefficient (Wildman–Crippen LogP) is 3.68. The molecule has 1 saturated carbocycles. The summed E-state index contributed by atoms with van der Waals surface area (Å²) >= 11 is 0. The van der Waals surface area contributed by atoms with Crippen molar-refractivity contribution in [2.45, 2.75) is 32.2 Å². The minimum atomic E-state index is 0. The van der Waals surface area contributed by atoms with E-state index in [-0.39, 0.29) is 24.8 Å². The highest BCUT2D eigenvalue weighted by Gasteiger charge is 2.30. The monoisotopic (exact) mass is 376 g/mol. The van der Waals surface area contributed by atoms with Crippen molar-refractivity contribution in [1.82, 2.24) is 10.2 Å². The molecule has 1 aromatic carbocycles. The summed E-state index contributed by atoms with van der Waals surface area (Å²) in [7, 11) is 1.70. The van der Waals surface area contributed by atoms with Crippen molar-refractivity contribution < 1.29 is 9.47 Å². The van der Waals surface area contributed by atoms with Gasteiger partial charge in [0, 0.05) is 32.2 Å². The standard InChI is InChI=1S/C18H28N2O2.2ClH/c1-3-22-18-13-15(6-7-17(18)21-2)16(12-14-4-5-14)20-10-8-19-9-11-20;;/h6-7,13-14,16,19H,3-5,8-12H2,1-2H3;2*1H/t16-;;/m0../s1. The molecule has 1 atom stereocenters. The Morgan fingerprint density at radius 1 is 1.17 bits per heavy atom. The summed E-state index contributed by atoms with van der Waals surface area (Å²) in [6, 6.07) is 6.98. The molecule has 1 aliphatic heterocycles. The van der Waals surface area contributed by atoms with E-state index in [0.29, 0.717) is 12.6 Å². The smallest absolute Gasteiger partial charge is 0.161 e. The van der Waals surface area contributed by atoms with Gasteiger partial charge < -0.3 is 14.8 Å². The lowest BCUT2D eigenvalue weighted by atomic mass is 9.98. The molecule has 0 amide bonds. The van der Waals surface area contributed by atoms with Gasteiger partial charge in [0.15, 0.2) is 11.5 Å². The van der Waals surface area contributed by atoms with Gasteiger partial charge in [0.2, 0.25) is 0 Å². The topological polar surface area (TPSA) is 33.7 Å². The Morgan fingerprint density at radius 3 is 2.46 bits per heavy atom. The lowest BCUT2D eigenvalue weighted by Gasteiger charge is -2.35. The van der Waals surface area contributed by atoms with E-state index in [1.165, 1.54) is 24.8 Å². The van der Waals surface area contributed by atoms with Crippen molar-refractivity contribution in [3.8, 4) is 11.5 Å². The largest absolute Gasteiger partial charge is 0.493 e. The number of nitrogens with one attached hydrogen (secondary N) is 1. The first kappa shape index (κ1) is 21.4. The first-order chi connectivity index (χ1) is 10.8. The molecule has 2 fully saturated rings. The second kappa shape index (κ2) is 10.3. The van der Waals surface area contributed by atoms with Crippen LogP contribution >= 0.6 is 24.8 Å². The maximum atomic E-state index is 5.77. The van der Waals surface area contributed by atoms with Gasteiger partial charge in [-0.1, -0.05) is 18.9 Å². The van der Waals surface area contributed by atoms with Crippen LogP contribution in [0.15, 0.2) is 18.2 Å². The van der Waals surface area contributed by atoms with Crippen molar-refractivity contribution in [3.63, 3.8) is 0 Å². The van der Waals surface area contributed by atoms with Crippen LogP contribution < -0.4 is 14.8 Å². The van der Waals surface area contributed by atoms with Crippen molar-refractivity contribution in [2.24, 2.45) is 5.92 Å². The average Bonchev–Trinajstić information content (AvgIpc) is 3.38. The molecule has 2 aliphatic rings. The molecule has 3 rings (SSSR count). The van der Waals surface area contributed by atoms with Gasteiger partial charge in [0.05, 0.1) is 13.7 Å². The van der Waals surface area contributed by atoms with Crippen LogP contribution in [0.3, 0.4) is 0 Å². The fraction of sp³-hybridized carbons (Fsp3) is 0.667. The SMILES string of the molecule is CCOc1cc([C@H](CC2CC2)N2CCNCC2)ccc1OC.Cl.Cl. The number of methoxy groups -OCH3 is 1. The second-order valence-electron chi connectivity index (χ2n) is 6.32. The lowest BCUT2D eigenvalue weighted by Crippen LogP contribution is -2.45. The number of ether oxygens (including phenoxy) is 2. The highest BCUT2D eigenvalue weighted by molar-refractivity contribution is 5.85. The molecule has 1 aromatic rings. The van der Waals surface area contributed by atoms with E-state index in [1.54, 1.807) is 7.11 Å². The van der Waals surface area contributed by atoms with Gasteiger partial charge in [0.1, 0.15) is 0 Å². The number of piperazine rings is 1. The molecule has 0 radical (unpaired) electrons. The lowest BCUT2D eigenvalue weighted by molar-refractivity contribution is 0.160. The minimum absolute atomic E-state index is 0. The molecule has 0 spiro atoms. The molecule has 1 heterocycles. The number of hydrogen-bond donors (Lipinski definition) is 1. The average molecular weight is 377 g/mol. The van der Waals surface area contributed by atoms with Crippen LogP contribution in [-0.4, -0.2) is 44.8 Å². The predicted molar refractivity (Wildman–Crippen MR) is 103 cm³/mol. The zero-order valence-electron chi connectivity index (χ0n) is 14.6. The van der Waals surface area contributed by atoms with Gasteiger partial charge in [0.25, 0.3) is 0 Å². The van der Waals surface area contributed by atoms with Crippen LogP contribution in [0.4, 0.5) is 0 Å². The number of benzene rings is 1. The van der Waals surface area contributed by atoms with E-state index in [0.717, 1.165) is 43.6 Å². The zero-order chi connectivity index (χ0) is 15.4. The summed E-state index contributed by atoms with van der Waals surface area (Å²) in [5.74, 6) is 2.62. The number of halogens is 2. The number of nitrogens with zero attached hydrogens (tertiary/aromatic N) is 1. The first-order valence-corrected chi connectivity index (χ1v) is 8.57. The van der Waals surface area contributed by atoms with Crippen LogP contribution in [0.2, 0.25) is 0 Å². The van der Waals surface area contributed by atoms with Crippen LogP contribution in [0.1, 0.15) is 37.8 Å². The molecular weight excluding hydrogens is 347 g/mol. The molecule has 0 unspecified atom stereocenters. The van der Waals surface area contributed by atoms with Crippen LogP contribution in [0.5, 0.6) is 11.5 Å². The van der Waals surface area contributed by atoms with Gasteiger partial charge in [-0.2, -0.15) is 0 Å². The summed E-state index contributed by atoms with van der Waals surface area (Å²) in [5.41, 5.74) is 1.37. The second-order valence-corrected chi connectivity index (χ2v) is 6.32. The van der Waals surface area contributed by atoms with E-state index in [1.807, 2.05) is 6.92 Å². The number of hydrogen-bond acceptors (Lipinski definition) is 4. The maximum Gasteiger partial charge on any atom is 0.161 e. The van der Waals surface area contributed by atoms with E-state index < -0.39 is 0 Å². The van der Waals surface area contributed by atoms with Gasteiger partial charge in [-0.05, 0) is 37.0 Å². The fourth-order valence-electron chi connectivity index (χ4n) is 3.33. The Balaban J connectivity index is 0.00000144. The molecule has 24 heavy (non-hydrogen) atoms. The Hall–Kier alpha value is -0.680. The third-order valence-electron chi connectivity index (χ3n) is 4.72. The molecule has 1 aliphatic carbocycles. The van der Waals surface area contributed by atoms with E-state index in [2.05, 4.69) is 28.4 Å². The van der Waals surface area contributed by atoms with Crippen LogP contribution in [0.25, 0.3) is 0 Å². The van der Waals surface area contributed by atoms with Crippen molar-refractivity contribution in [1.29, 1.82) is 0 Å². The van der Waals surface area contributed by atoms with Gasteiger partial charge in [-0.3, -0.25) is 4.90 Å². The Kier molecular flexibility index (Phi) is 9.21.